The zero-order valence-electron chi connectivity index (χ0n) is 10.7. The van der Waals surface area contributed by atoms with Crippen molar-refractivity contribution < 1.29 is 14.3 Å². The minimum absolute atomic E-state index is 0.0176. The van der Waals surface area contributed by atoms with Crippen LogP contribution >= 0.6 is 0 Å². The molecule has 4 N–H and O–H groups in total. The molecule has 2 rings (SSSR count). The zero-order chi connectivity index (χ0) is 13.8. The predicted molar refractivity (Wildman–Crippen MR) is 72.0 cm³/mol. The number of rotatable bonds is 4. The standard InChI is InChI=1S/C13H17N3O3/c1-2-8(6-14)13(18)15-9-3-4-11-10(5-9)16-12(17)7-19-11/h3-5,8H,2,6-7,14H2,1H3,(H,15,18)(H,16,17). The minimum Gasteiger partial charge on any atom is -0.482 e. The molecule has 0 radical (unpaired) electrons. The third-order valence-corrected chi connectivity index (χ3v) is 3.03. The molecule has 1 aromatic carbocycles. The number of ether oxygens (including phenoxy) is 1. The number of amides is 2. The maximum atomic E-state index is 11.9. The number of anilines is 2. The molecule has 0 aliphatic carbocycles. The largest absolute Gasteiger partial charge is 0.482 e. The van der Waals surface area contributed by atoms with Crippen LogP contribution < -0.4 is 21.1 Å². The lowest BCUT2D eigenvalue weighted by Crippen LogP contribution is -2.29. The van der Waals surface area contributed by atoms with Crippen LogP contribution in [0, 0.1) is 5.92 Å². The third kappa shape index (κ3) is 3.03. The van der Waals surface area contributed by atoms with E-state index >= 15 is 0 Å². The molecule has 102 valence electrons. The molecule has 1 unspecified atom stereocenters. The van der Waals surface area contributed by atoms with Gasteiger partial charge in [0.2, 0.25) is 5.91 Å². The average Bonchev–Trinajstić information content (AvgIpc) is 2.39. The highest BCUT2D eigenvalue weighted by Crippen LogP contribution is 2.30. The second-order valence-electron chi connectivity index (χ2n) is 4.38. The molecule has 1 aliphatic rings. The van der Waals surface area contributed by atoms with Crippen molar-refractivity contribution >= 4 is 23.2 Å². The first kappa shape index (κ1) is 13.4. The van der Waals surface area contributed by atoms with Crippen LogP contribution in [0.5, 0.6) is 5.75 Å². The van der Waals surface area contributed by atoms with Crippen molar-refractivity contribution in [2.24, 2.45) is 11.7 Å². The summed E-state index contributed by atoms with van der Waals surface area (Å²) in [4.78, 5) is 23.1. The van der Waals surface area contributed by atoms with Gasteiger partial charge in [0, 0.05) is 12.2 Å². The molecule has 0 spiro atoms. The molecule has 0 aromatic heterocycles. The fourth-order valence-electron chi connectivity index (χ4n) is 1.86. The van der Waals surface area contributed by atoms with Crippen molar-refractivity contribution in [3.63, 3.8) is 0 Å². The molecule has 0 saturated heterocycles. The van der Waals surface area contributed by atoms with E-state index in [-0.39, 0.29) is 24.3 Å². The van der Waals surface area contributed by atoms with E-state index in [4.69, 9.17) is 10.5 Å². The van der Waals surface area contributed by atoms with Crippen molar-refractivity contribution in [3.8, 4) is 5.75 Å². The molecule has 6 heteroatoms. The molecule has 1 aromatic rings. The fourth-order valence-corrected chi connectivity index (χ4v) is 1.86. The summed E-state index contributed by atoms with van der Waals surface area (Å²) in [6.07, 6.45) is 0.688. The van der Waals surface area contributed by atoms with E-state index in [0.29, 0.717) is 30.1 Å². The van der Waals surface area contributed by atoms with Gasteiger partial charge in [-0.05, 0) is 24.6 Å². The van der Waals surface area contributed by atoms with Gasteiger partial charge < -0.3 is 21.1 Å². The van der Waals surface area contributed by atoms with E-state index in [0.717, 1.165) is 0 Å². The van der Waals surface area contributed by atoms with Crippen molar-refractivity contribution in [3.05, 3.63) is 18.2 Å². The molecule has 6 nitrogen and oxygen atoms in total. The Hall–Kier alpha value is -2.08. The van der Waals surface area contributed by atoms with Gasteiger partial charge in [0.25, 0.3) is 5.91 Å². The molecular formula is C13H17N3O3. The Morgan fingerprint density at radius 3 is 3.05 bits per heavy atom. The van der Waals surface area contributed by atoms with Gasteiger partial charge in [0.1, 0.15) is 5.75 Å². The Labute approximate surface area is 111 Å². The highest BCUT2D eigenvalue weighted by Gasteiger charge is 2.18. The molecule has 2 amide bonds. The van der Waals surface area contributed by atoms with E-state index < -0.39 is 0 Å². The molecule has 1 atom stereocenters. The number of hydrogen-bond donors (Lipinski definition) is 3. The number of benzene rings is 1. The van der Waals surface area contributed by atoms with E-state index in [1.807, 2.05) is 6.92 Å². The van der Waals surface area contributed by atoms with Crippen LogP contribution in [0.2, 0.25) is 0 Å². The molecule has 1 aliphatic heterocycles. The average molecular weight is 263 g/mol. The Morgan fingerprint density at radius 2 is 2.37 bits per heavy atom. The normalized spacial score (nSPS) is 14.9. The Morgan fingerprint density at radius 1 is 1.58 bits per heavy atom. The summed E-state index contributed by atoms with van der Waals surface area (Å²) in [5.41, 5.74) is 6.71. The van der Waals surface area contributed by atoms with Gasteiger partial charge in [-0.3, -0.25) is 9.59 Å². The highest BCUT2D eigenvalue weighted by molar-refractivity contribution is 5.98. The minimum atomic E-state index is -0.207. The fraction of sp³-hybridized carbons (Fsp3) is 0.385. The maximum absolute atomic E-state index is 11.9. The van der Waals surface area contributed by atoms with Gasteiger partial charge in [-0.25, -0.2) is 0 Å². The number of carbonyl (C=O) groups excluding carboxylic acids is 2. The topological polar surface area (TPSA) is 93.5 Å². The highest BCUT2D eigenvalue weighted by atomic mass is 16.5. The van der Waals surface area contributed by atoms with Crippen LogP contribution in [0.25, 0.3) is 0 Å². The summed E-state index contributed by atoms with van der Waals surface area (Å²) < 4.78 is 5.24. The zero-order valence-corrected chi connectivity index (χ0v) is 10.7. The summed E-state index contributed by atoms with van der Waals surface area (Å²) in [5, 5.41) is 5.47. The number of nitrogens with one attached hydrogen (secondary N) is 2. The summed E-state index contributed by atoms with van der Waals surface area (Å²) in [6, 6.07) is 5.12. The third-order valence-electron chi connectivity index (χ3n) is 3.03. The monoisotopic (exact) mass is 263 g/mol. The van der Waals surface area contributed by atoms with Gasteiger partial charge in [-0.2, -0.15) is 0 Å². The molecule has 0 fully saturated rings. The van der Waals surface area contributed by atoms with Gasteiger partial charge in [0.05, 0.1) is 11.6 Å². The first-order chi connectivity index (χ1) is 9.13. The van der Waals surface area contributed by atoms with Crippen LogP contribution in [0.3, 0.4) is 0 Å². The second-order valence-corrected chi connectivity index (χ2v) is 4.38. The lowest BCUT2D eigenvalue weighted by molar-refractivity contribution is -0.120. The van der Waals surface area contributed by atoms with E-state index in [2.05, 4.69) is 10.6 Å². The number of hydrogen-bond acceptors (Lipinski definition) is 4. The van der Waals surface area contributed by atoms with E-state index in [1.165, 1.54) is 0 Å². The van der Waals surface area contributed by atoms with Crippen molar-refractivity contribution in [1.82, 2.24) is 0 Å². The molecule has 0 bridgehead atoms. The van der Waals surface area contributed by atoms with E-state index in [9.17, 15) is 9.59 Å². The first-order valence-electron chi connectivity index (χ1n) is 6.21. The van der Waals surface area contributed by atoms with Crippen molar-refractivity contribution in [2.45, 2.75) is 13.3 Å². The number of carbonyl (C=O) groups is 2. The van der Waals surface area contributed by atoms with Crippen LogP contribution in [0.15, 0.2) is 18.2 Å². The summed E-state index contributed by atoms with van der Waals surface area (Å²) >= 11 is 0. The van der Waals surface area contributed by atoms with Gasteiger partial charge in [-0.1, -0.05) is 6.92 Å². The van der Waals surface area contributed by atoms with Gasteiger partial charge >= 0.3 is 0 Å². The van der Waals surface area contributed by atoms with Crippen molar-refractivity contribution in [1.29, 1.82) is 0 Å². The molecule has 1 heterocycles. The Kier molecular flexibility index (Phi) is 4.01. The van der Waals surface area contributed by atoms with Gasteiger partial charge in [0.15, 0.2) is 6.61 Å². The van der Waals surface area contributed by atoms with Crippen LogP contribution in [0.4, 0.5) is 11.4 Å². The van der Waals surface area contributed by atoms with E-state index in [1.54, 1.807) is 18.2 Å². The summed E-state index contributed by atoms with van der Waals surface area (Å²) in [5.74, 6) is 0.0720. The van der Waals surface area contributed by atoms with Crippen LogP contribution in [0.1, 0.15) is 13.3 Å². The summed E-state index contributed by atoms with van der Waals surface area (Å²) in [6.45, 7) is 2.24. The van der Waals surface area contributed by atoms with Crippen LogP contribution in [-0.4, -0.2) is 25.0 Å². The Bertz CT molecular complexity index is 498. The first-order valence-corrected chi connectivity index (χ1v) is 6.21. The van der Waals surface area contributed by atoms with Crippen molar-refractivity contribution in [2.75, 3.05) is 23.8 Å². The molecule has 0 saturated carbocycles. The SMILES string of the molecule is CCC(CN)C(=O)Nc1ccc2c(c1)NC(=O)CO2. The quantitative estimate of drug-likeness (QED) is 0.753. The van der Waals surface area contributed by atoms with Crippen LogP contribution in [-0.2, 0) is 9.59 Å². The predicted octanol–water partition coefficient (Wildman–Crippen LogP) is 0.941. The molecular weight excluding hydrogens is 246 g/mol. The Balaban J connectivity index is 2.12. The number of nitrogens with two attached hydrogens (primary N) is 1. The van der Waals surface area contributed by atoms with Gasteiger partial charge in [-0.15, -0.1) is 0 Å². The lowest BCUT2D eigenvalue weighted by atomic mass is 10.1. The second kappa shape index (κ2) is 5.71. The smallest absolute Gasteiger partial charge is 0.262 e. The number of fused-ring (bicyclic) bond motifs is 1. The molecule has 19 heavy (non-hydrogen) atoms. The maximum Gasteiger partial charge on any atom is 0.262 e. The lowest BCUT2D eigenvalue weighted by Gasteiger charge is -2.19. The summed E-state index contributed by atoms with van der Waals surface area (Å²) in [7, 11) is 0.